The Morgan fingerprint density at radius 2 is 1.82 bits per heavy atom. The fourth-order valence-corrected chi connectivity index (χ4v) is 3.81. The maximum Gasteiger partial charge on any atom is 0.311 e. The van der Waals surface area contributed by atoms with Crippen molar-refractivity contribution in [3.05, 3.63) is 52.2 Å². The Balaban J connectivity index is 2.08. The molecular weight excluding hydrogens is 360 g/mol. The lowest BCUT2D eigenvalue weighted by Crippen LogP contribution is -2.22. The number of carbonyl (C=O) groups excluding carboxylic acids is 1. The number of hydrogen-bond donors (Lipinski definition) is 2. The van der Waals surface area contributed by atoms with Gasteiger partial charge in [0.05, 0.1) is 6.42 Å². The first kappa shape index (κ1) is 18.1. The summed E-state index contributed by atoms with van der Waals surface area (Å²) >= 11 is 0. The quantitative estimate of drug-likeness (QED) is 0.399. The van der Waals surface area contributed by atoms with Crippen LogP contribution >= 0.6 is 0 Å². The zero-order chi connectivity index (χ0) is 20.0. The summed E-state index contributed by atoms with van der Waals surface area (Å²) in [5.74, 6) is -1.55. The highest BCUT2D eigenvalue weighted by Crippen LogP contribution is 2.51. The van der Waals surface area contributed by atoms with E-state index in [0.717, 1.165) is 0 Å². The SMILES string of the molecule is CC(C)C[C@@H]1CC(=O)Oc2c(O)c(O)c3c(=O)cc(-c4ccccc4)oc3c21. The number of phenolic OH excluding ortho intramolecular Hbond substituents is 2. The van der Waals surface area contributed by atoms with Crippen molar-refractivity contribution < 1.29 is 24.2 Å². The highest BCUT2D eigenvalue weighted by Gasteiger charge is 2.36. The van der Waals surface area contributed by atoms with Crippen LogP contribution in [0, 0.1) is 5.92 Å². The maximum atomic E-state index is 12.8. The molecule has 1 aliphatic heterocycles. The molecule has 0 radical (unpaired) electrons. The van der Waals surface area contributed by atoms with Crippen LogP contribution in [0.1, 0.15) is 38.2 Å². The zero-order valence-electron chi connectivity index (χ0n) is 15.6. The predicted molar refractivity (Wildman–Crippen MR) is 104 cm³/mol. The Kier molecular flexibility index (Phi) is 4.34. The molecule has 2 heterocycles. The Labute approximate surface area is 161 Å². The first-order valence-electron chi connectivity index (χ1n) is 9.18. The average Bonchev–Trinajstić information content (AvgIpc) is 2.65. The number of rotatable bonds is 3. The normalized spacial score (nSPS) is 16.2. The van der Waals surface area contributed by atoms with Gasteiger partial charge in [-0.05, 0) is 12.3 Å². The number of hydrogen-bond acceptors (Lipinski definition) is 6. The summed E-state index contributed by atoms with van der Waals surface area (Å²) in [6.07, 6.45) is 0.754. The molecule has 1 aliphatic rings. The molecule has 28 heavy (non-hydrogen) atoms. The summed E-state index contributed by atoms with van der Waals surface area (Å²) < 4.78 is 11.3. The van der Waals surface area contributed by atoms with Crippen LogP contribution in [0.25, 0.3) is 22.3 Å². The third-order valence-electron chi connectivity index (χ3n) is 4.96. The van der Waals surface area contributed by atoms with Gasteiger partial charge in [-0.3, -0.25) is 9.59 Å². The van der Waals surface area contributed by atoms with Crippen LogP contribution in [-0.4, -0.2) is 16.2 Å². The molecule has 0 spiro atoms. The van der Waals surface area contributed by atoms with E-state index in [4.69, 9.17) is 9.15 Å². The molecule has 2 aromatic carbocycles. The third kappa shape index (κ3) is 2.91. The number of benzene rings is 2. The summed E-state index contributed by atoms with van der Waals surface area (Å²) in [6, 6.07) is 10.4. The molecule has 0 bridgehead atoms. The zero-order valence-corrected chi connectivity index (χ0v) is 15.6. The van der Waals surface area contributed by atoms with Crippen molar-refractivity contribution in [1.29, 1.82) is 0 Å². The molecular formula is C22H20O6. The van der Waals surface area contributed by atoms with Crippen molar-refractivity contribution in [3.8, 4) is 28.6 Å². The van der Waals surface area contributed by atoms with E-state index in [1.165, 1.54) is 6.07 Å². The summed E-state index contributed by atoms with van der Waals surface area (Å²) in [4.78, 5) is 24.9. The highest BCUT2D eigenvalue weighted by atomic mass is 16.5. The molecule has 0 aliphatic carbocycles. The molecule has 4 rings (SSSR count). The van der Waals surface area contributed by atoms with E-state index >= 15 is 0 Å². The van der Waals surface area contributed by atoms with Gasteiger partial charge in [0.1, 0.15) is 16.7 Å². The Bertz CT molecular complexity index is 1130. The first-order chi connectivity index (χ1) is 13.4. The second kappa shape index (κ2) is 6.71. The molecule has 6 nitrogen and oxygen atoms in total. The number of aromatic hydroxyl groups is 2. The molecule has 0 saturated carbocycles. The second-order valence-corrected chi connectivity index (χ2v) is 7.49. The number of ether oxygens (including phenoxy) is 1. The van der Waals surface area contributed by atoms with E-state index in [-0.39, 0.29) is 35.0 Å². The summed E-state index contributed by atoms with van der Waals surface area (Å²) in [7, 11) is 0. The Morgan fingerprint density at radius 1 is 1.11 bits per heavy atom. The van der Waals surface area contributed by atoms with E-state index in [9.17, 15) is 19.8 Å². The van der Waals surface area contributed by atoms with E-state index in [0.29, 0.717) is 23.3 Å². The topological polar surface area (TPSA) is 97.0 Å². The lowest BCUT2D eigenvalue weighted by molar-refractivity contribution is -0.136. The molecule has 2 N–H and O–H groups in total. The van der Waals surface area contributed by atoms with E-state index < -0.39 is 22.9 Å². The number of phenols is 2. The predicted octanol–water partition coefficient (Wildman–Crippen LogP) is 4.31. The van der Waals surface area contributed by atoms with Gasteiger partial charge in [-0.1, -0.05) is 44.2 Å². The molecule has 0 amide bonds. The first-order valence-corrected chi connectivity index (χ1v) is 9.18. The van der Waals surface area contributed by atoms with Crippen molar-refractivity contribution in [3.63, 3.8) is 0 Å². The van der Waals surface area contributed by atoms with Gasteiger partial charge in [0.15, 0.2) is 16.9 Å². The minimum atomic E-state index is -0.639. The molecule has 3 aromatic rings. The minimum Gasteiger partial charge on any atom is -0.504 e. The van der Waals surface area contributed by atoms with Crippen molar-refractivity contribution in [2.75, 3.05) is 0 Å². The summed E-state index contributed by atoms with van der Waals surface area (Å²) in [5.41, 5.74) is 0.829. The van der Waals surface area contributed by atoms with Crippen LogP contribution in [0.3, 0.4) is 0 Å². The van der Waals surface area contributed by atoms with Crippen LogP contribution in [0.4, 0.5) is 0 Å². The van der Waals surface area contributed by atoms with Crippen LogP contribution in [0.2, 0.25) is 0 Å². The van der Waals surface area contributed by atoms with Gasteiger partial charge in [0, 0.05) is 23.1 Å². The summed E-state index contributed by atoms with van der Waals surface area (Å²) in [6.45, 7) is 4.04. The van der Waals surface area contributed by atoms with Crippen LogP contribution in [0.15, 0.2) is 45.6 Å². The van der Waals surface area contributed by atoms with Gasteiger partial charge in [-0.15, -0.1) is 0 Å². The molecule has 0 saturated heterocycles. The Morgan fingerprint density at radius 3 is 2.50 bits per heavy atom. The van der Waals surface area contributed by atoms with Crippen molar-refractivity contribution >= 4 is 16.9 Å². The van der Waals surface area contributed by atoms with Crippen molar-refractivity contribution in [2.24, 2.45) is 5.92 Å². The molecule has 0 unspecified atom stereocenters. The standard InChI is InChI=1S/C22H20O6/c1-11(2)8-13-9-16(24)28-22-17(13)21-18(19(25)20(22)26)14(23)10-15(27-21)12-6-4-3-5-7-12/h3-7,10-11,13,25-26H,8-9H2,1-2H3/t13-/m1/s1. The average molecular weight is 380 g/mol. The van der Waals surface area contributed by atoms with Crippen LogP contribution in [-0.2, 0) is 4.79 Å². The Hall–Kier alpha value is -3.28. The minimum absolute atomic E-state index is 0.109. The molecule has 1 aromatic heterocycles. The fraction of sp³-hybridized carbons (Fsp3) is 0.273. The van der Waals surface area contributed by atoms with E-state index in [2.05, 4.69) is 0 Å². The second-order valence-electron chi connectivity index (χ2n) is 7.49. The van der Waals surface area contributed by atoms with Gasteiger partial charge in [-0.25, -0.2) is 0 Å². The van der Waals surface area contributed by atoms with Gasteiger partial charge in [0.25, 0.3) is 0 Å². The summed E-state index contributed by atoms with van der Waals surface area (Å²) in [5, 5.41) is 20.7. The highest BCUT2D eigenvalue weighted by molar-refractivity contribution is 5.95. The molecule has 144 valence electrons. The smallest absolute Gasteiger partial charge is 0.311 e. The third-order valence-corrected chi connectivity index (χ3v) is 4.96. The molecule has 1 atom stereocenters. The number of carbonyl (C=O) groups is 1. The van der Waals surface area contributed by atoms with Crippen molar-refractivity contribution in [2.45, 2.75) is 32.6 Å². The van der Waals surface area contributed by atoms with Crippen LogP contribution in [0.5, 0.6) is 17.2 Å². The molecule has 0 fully saturated rings. The number of esters is 1. The van der Waals surface area contributed by atoms with Gasteiger partial charge in [0.2, 0.25) is 5.75 Å². The lowest BCUT2D eigenvalue weighted by Gasteiger charge is -2.27. The van der Waals surface area contributed by atoms with E-state index in [1.54, 1.807) is 0 Å². The largest absolute Gasteiger partial charge is 0.504 e. The van der Waals surface area contributed by atoms with Gasteiger partial charge in [-0.2, -0.15) is 0 Å². The number of fused-ring (bicyclic) bond motifs is 3. The maximum absolute atomic E-state index is 12.8. The molecule has 6 heteroatoms. The lowest BCUT2D eigenvalue weighted by atomic mass is 9.84. The van der Waals surface area contributed by atoms with Gasteiger partial charge < -0.3 is 19.4 Å². The van der Waals surface area contributed by atoms with Crippen LogP contribution < -0.4 is 10.2 Å². The monoisotopic (exact) mass is 380 g/mol. The fourth-order valence-electron chi connectivity index (χ4n) is 3.81. The van der Waals surface area contributed by atoms with Gasteiger partial charge >= 0.3 is 5.97 Å². The van der Waals surface area contributed by atoms with E-state index in [1.807, 2.05) is 44.2 Å². The van der Waals surface area contributed by atoms with Crippen molar-refractivity contribution in [1.82, 2.24) is 0 Å².